The molecule has 0 bridgehead atoms. The van der Waals surface area contributed by atoms with E-state index < -0.39 is 0 Å². The average molecular weight is 340 g/mol. The second-order valence-corrected chi connectivity index (χ2v) is 7.49. The number of amides is 1. The van der Waals surface area contributed by atoms with Crippen LogP contribution in [-0.4, -0.2) is 40.0 Å². The van der Waals surface area contributed by atoms with Gasteiger partial charge < -0.3 is 14.8 Å². The van der Waals surface area contributed by atoms with Crippen LogP contribution in [0.25, 0.3) is 11.0 Å². The molecule has 25 heavy (non-hydrogen) atoms. The number of carbonyl (C=O) groups is 1. The lowest BCUT2D eigenvalue weighted by Crippen LogP contribution is -2.33. The predicted octanol–water partition coefficient (Wildman–Crippen LogP) is 3.02. The predicted molar refractivity (Wildman–Crippen MR) is 99.2 cm³/mol. The minimum absolute atomic E-state index is 0.137. The Morgan fingerprint density at radius 1 is 1.24 bits per heavy atom. The van der Waals surface area contributed by atoms with Crippen molar-refractivity contribution < 1.29 is 4.79 Å². The maximum atomic E-state index is 12.9. The van der Waals surface area contributed by atoms with Gasteiger partial charge in [0.25, 0.3) is 0 Å². The highest BCUT2D eigenvalue weighted by Crippen LogP contribution is 2.34. The van der Waals surface area contributed by atoms with Crippen molar-refractivity contribution in [3.8, 4) is 0 Å². The smallest absolute Gasteiger partial charge is 0.223 e. The van der Waals surface area contributed by atoms with E-state index in [2.05, 4.69) is 34.0 Å². The molecule has 134 valence electrons. The molecule has 5 nitrogen and oxygen atoms in total. The van der Waals surface area contributed by atoms with Crippen LogP contribution in [-0.2, 0) is 11.8 Å². The zero-order valence-electron chi connectivity index (χ0n) is 15.1. The van der Waals surface area contributed by atoms with Crippen LogP contribution in [0.2, 0.25) is 0 Å². The molecule has 4 rings (SSSR count). The molecule has 0 spiro atoms. The highest BCUT2D eigenvalue weighted by Gasteiger charge is 2.33. The van der Waals surface area contributed by atoms with Crippen LogP contribution in [0.3, 0.4) is 0 Å². The summed E-state index contributed by atoms with van der Waals surface area (Å²) in [4.78, 5) is 19.8. The van der Waals surface area contributed by atoms with E-state index >= 15 is 0 Å². The van der Waals surface area contributed by atoms with Crippen molar-refractivity contribution in [2.24, 2.45) is 13.0 Å². The van der Waals surface area contributed by atoms with Crippen LogP contribution in [0.15, 0.2) is 24.3 Å². The molecule has 3 heterocycles. The number of aryl methyl sites for hydroxylation is 1. The Balaban J connectivity index is 1.47. The number of imidazole rings is 1. The first-order valence-corrected chi connectivity index (χ1v) is 9.65. The normalized spacial score (nSPS) is 22.0. The number of rotatable bonds is 4. The first kappa shape index (κ1) is 16.6. The number of para-hydroxylation sites is 2. The average Bonchev–Trinajstić information content (AvgIpc) is 3.26. The molecule has 5 heteroatoms. The van der Waals surface area contributed by atoms with Crippen LogP contribution in [0, 0.1) is 5.92 Å². The monoisotopic (exact) mass is 340 g/mol. The molecule has 2 aromatic rings. The molecule has 0 aliphatic carbocycles. The number of likely N-dealkylation sites (tertiary alicyclic amines) is 1. The minimum atomic E-state index is 0.137. The molecule has 1 unspecified atom stereocenters. The zero-order chi connectivity index (χ0) is 17.2. The quantitative estimate of drug-likeness (QED) is 0.931. The molecular weight excluding hydrogens is 312 g/mol. The Morgan fingerprint density at radius 2 is 2.04 bits per heavy atom. The molecule has 1 aromatic heterocycles. The fraction of sp³-hybridized carbons (Fsp3) is 0.600. The number of hydrogen-bond acceptors (Lipinski definition) is 3. The fourth-order valence-corrected chi connectivity index (χ4v) is 4.44. The van der Waals surface area contributed by atoms with E-state index in [9.17, 15) is 4.79 Å². The highest BCUT2D eigenvalue weighted by molar-refractivity contribution is 5.78. The van der Waals surface area contributed by atoms with Crippen molar-refractivity contribution in [3.05, 3.63) is 30.1 Å². The maximum absolute atomic E-state index is 12.9. The Bertz CT molecular complexity index is 747. The second kappa shape index (κ2) is 7.16. The number of hydrogen-bond donors (Lipinski definition) is 1. The van der Waals surface area contributed by atoms with Crippen molar-refractivity contribution in [2.45, 2.75) is 44.6 Å². The summed E-state index contributed by atoms with van der Waals surface area (Å²) in [6, 6.07) is 8.36. The molecule has 2 fully saturated rings. The third-order valence-electron chi connectivity index (χ3n) is 5.92. The third-order valence-corrected chi connectivity index (χ3v) is 5.92. The molecule has 2 aliphatic heterocycles. The van der Waals surface area contributed by atoms with Crippen molar-refractivity contribution in [3.63, 3.8) is 0 Å². The Morgan fingerprint density at radius 3 is 2.84 bits per heavy atom. The van der Waals surface area contributed by atoms with E-state index in [0.29, 0.717) is 18.2 Å². The number of nitrogens with one attached hydrogen (secondary N) is 1. The summed E-state index contributed by atoms with van der Waals surface area (Å²) >= 11 is 0. The Labute approximate surface area is 149 Å². The molecule has 1 N–H and O–H groups in total. The van der Waals surface area contributed by atoms with Crippen LogP contribution in [0.1, 0.15) is 50.4 Å². The fourth-order valence-electron chi connectivity index (χ4n) is 4.44. The minimum Gasteiger partial charge on any atom is -0.333 e. The standard InChI is InChI=1S/C20H28N4O/c1-23-17-6-3-2-5-16(17)22-20(23)18-7-4-14-24(18)19(25)9-8-15-10-12-21-13-11-15/h2-3,5-6,15,18,21H,4,7-14H2,1H3. The van der Waals surface area contributed by atoms with E-state index in [1.54, 1.807) is 0 Å². The molecule has 0 radical (unpaired) electrons. The lowest BCUT2D eigenvalue weighted by atomic mass is 9.93. The molecule has 1 amide bonds. The number of aromatic nitrogens is 2. The maximum Gasteiger partial charge on any atom is 0.223 e. The molecule has 1 aromatic carbocycles. The van der Waals surface area contributed by atoms with Gasteiger partial charge in [0.05, 0.1) is 17.1 Å². The number of benzene rings is 1. The summed E-state index contributed by atoms with van der Waals surface area (Å²) < 4.78 is 2.17. The lowest BCUT2D eigenvalue weighted by Gasteiger charge is -2.26. The van der Waals surface area contributed by atoms with Gasteiger partial charge in [-0.1, -0.05) is 12.1 Å². The molecule has 2 aliphatic rings. The zero-order valence-corrected chi connectivity index (χ0v) is 15.1. The van der Waals surface area contributed by atoms with Crippen molar-refractivity contribution in [1.29, 1.82) is 0 Å². The van der Waals surface area contributed by atoms with Crippen molar-refractivity contribution in [2.75, 3.05) is 19.6 Å². The summed E-state index contributed by atoms with van der Waals surface area (Å²) in [5.41, 5.74) is 2.17. The number of carbonyl (C=O) groups excluding carboxylic acids is 1. The first-order valence-electron chi connectivity index (χ1n) is 9.65. The number of nitrogens with zero attached hydrogens (tertiary/aromatic N) is 3. The Kier molecular flexibility index (Phi) is 4.75. The van der Waals surface area contributed by atoms with E-state index in [4.69, 9.17) is 4.98 Å². The van der Waals surface area contributed by atoms with Gasteiger partial charge in [-0.05, 0) is 63.2 Å². The van der Waals surface area contributed by atoms with Gasteiger partial charge in [-0.3, -0.25) is 4.79 Å². The molecular formula is C20H28N4O. The molecule has 2 saturated heterocycles. The highest BCUT2D eigenvalue weighted by atomic mass is 16.2. The number of fused-ring (bicyclic) bond motifs is 1. The largest absolute Gasteiger partial charge is 0.333 e. The van der Waals surface area contributed by atoms with Gasteiger partial charge in [-0.25, -0.2) is 4.98 Å². The van der Waals surface area contributed by atoms with Gasteiger partial charge in [0.15, 0.2) is 0 Å². The van der Waals surface area contributed by atoms with Crippen molar-refractivity contribution >= 4 is 16.9 Å². The van der Waals surface area contributed by atoms with Crippen LogP contribution < -0.4 is 5.32 Å². The third kappa shape index (κ3) is 3.30. The summed E-state index contributed by atoms with van der Waals surface area (Å²) in [5, 5.41) is 3.40. The number of piperidine rings is 1. The second-order valence-electron chi connectivity index (χ2n) is 7.49. The summed E-state index contributed by atoms with van der Waals surface area (Å²) in [7, 11) is 2.07. The van der Waals surface area contributed by atoms with Gasteiger partial charge in [0.1, 0.15) is 5.82 Å². The van der Waals surface area contributed by atoms with E-state index in [0.717, 1.165) is 55.8 Å². The lowest BCUT2D eigenvalue weighted by molar-refractivity contribution is -0.132. The van der Waals surface area contributed by atoms with Gasteiger partial charge in [0, 0.05) is 20.0 Å². The van der Waals surface area contributed by atoms with E-state index in [-0.39, 0.29) is 6.04 Å². The van der Waals surface area contributed by atoms with Crippen LogP contribution >= 0.6 is 0 Å². The van der Waals surface area contributed by atoms with Gasteiger partial charge >= 0.3 is 0 Å². The van der Waals surface area contributed by atoms with E-state index in [1.807, 2.05) is 12.1 Å². The van der Waals surface area contributed by atoms with Crippen LogP contribution in [0.5, 0.6) is 0 Å². The van der Waals surface area contributed by atoms with E-state index in [1.165, 1.54) is 12.8 Å². The Hall–Kier alpha value is -1.88. The summed E-state index contributed by atoms with van der Waals surface area (Å²) in [6.07, 6.45) is 6.24. The van der Waals surface area contributed by atoms with Gasteiger partial charge in [-0.2, -0.15) is 0 Å². The summed E-state index contributed by atoms with van der Waals surface area (Å²) in [5.74, 6) is 2.06. The van der Waals surface area contributed by atoms with Gasteiger partial charge in [-0.15, -0.1) is 0 Å². The van der Waals surface area contributed by atoms with Crippen molar-refractivity contribution in [1.82, 2.24) is 19.8 Å². The SMILES string of the molecule is Cn1c(C2CCCN2C(=O)CCC2CCNCC2)nc2ccccc21. The molecule has 0 saturated carbocycles. The topological polar surface area (TPSA) is 50.2 Å². The van der Waals surface area contributed by atoms with Crippen LogP contribution in [0.4, 0.5) is 0 Å². The first-order chi connectivity index (χ1) is 12.2. The summed E-state index contributed by atoms with van der Waals surface area (Å²) in [6.45, 7) is 3.08. The van der Waals surface area contributed by atoms with Gasteiger partial charge in [0.2, 0.25) is 5.91 Å². The molecule has 1 atom stereocenters.